The summed E-state index contributed by atoms with van der Waals surface area (Å²) in [5.74, 6) is -1.11. The maximum Gasteiger partial charge on any atom is 0.419 e. The van der Waals surface area contributed by atoms with Crippen LogP contribution < -0.4 is 10.2 Å². The summed E-state index contributed by atoms with van der Waals surface area (Å²) in [7, 11) is -4.55. The van der Waals surface area contributed by atoms with Crippen molar-refractivity contribution in [2.75, 3.05) is 37.6 Å². The molecular formula is C23H25ClF3N5O4S. The van der Waals surface area contributed by atoms with Crippen LogP contribution in [-0.2, 0) is 20.8 Å². The number of nitrogens with one attached hydrogen (secondary N) is 1. The Morgan fingerprint density at radius 1 is 1.11 bits per heavy atom. The molecule has 2 saturated heterocycles. The van der Waals surface area contributed by atoms with Gasteiger partial charge in [-0.15, -0.1) is 0 Å². The maximum atomic E-state index is 14.1. The quantitative estimate of drug-likeness (QED) is 0.604. The third-order valence-electron chi connectivity index (χ3n) is 6.47. The van der Waals surface area contributed by atoms with Crippen LogP contribution in [0.15, 0.2) is 47.5 Å². The number of hydrogen-bond donors (Lipinski definition) is 1. The van der Waals surface area contributed by atoms with E-state index in [-0.39, 0.29) is 41.9 Å². The van der Waals surface area contributed by atoms with Crippen molar-refractivity contribution in [3.63, 3.8) is 0 Å². The fraction of sp³-hybridized carbons (Fsp3) is 0.435. The number of carbonyl (C=O) groups is 2. The van der Waals surface area contributed by atoms with E-state index in [1.165, 1.54) is 40.3 Å². The second-order valence-corrected chi connectivity index (χ2v) is 11.5. The first-order chi connectivity index (χ1) is 17.3. The van der Waals surface area contributed by atoms with E-state index in [1.807, 2.05) is 0 Å². The summed E-state index contributed by atoms with van der Waals surface area (Å²) in [4.78, 5) is 31.7. The predicted octanol–water partition coefficient (Wildman–Crippen LogP) is 3.01. The van der Waals surface area contributed by atoms with Crippen LogP contribution in [-0.4, -0.2) is 78.8 Å². The van der Waals surface area contributed by atoms with Gasteiger partial charge >= 0.3 is 12.2 Å². The number of aromatic nitrogens is 1. The van der Waals surface area contributed by atoms with Gasteiger partial charge in [-0.05, 0) is 38.1 Å². The van der Waals surface area contributed by atoms with Crippen molar-refractivity contribution in [3.05, 3.63) is 53.2 Å². The average Bonchev–Trinajstić information content (AvgIpc) is 3.22. The van der Waals surface area contributed by atoms with Gasteiger partial charge in [0.25, 0.3) is 5.91 Å². The smallest absolute Gasteiger partial charge is 0.353 e. The highest BCUT2D eigenvalue weighted by Gasteiger charge is 2.63. The lowest BCUT2D eigenvalue weighted by Crippen LogP contribution is -2.66. The van der Waals surface area contributed by atoms with E-state index in [0.29, 0.717) is 0 Å². The minimum Gasteiger partial charge on any atom is -0.353 e. The zero-order valence-electron chi connectivity index (χ0n) is 20.0. The molecule has 2 aliphatic rings. The molecule has 2 aromatic rings. The van der Waals surface area contributed by atoms with Crippen LogP contribution >= 0.6 is 11.6 Å². The second kappa shape index (κ2) is 9.67. The molecule has 0 bridgehead atoms. The highest BCUT2D eigenvalue weighted by Crippen LogP contribution is 2.39. The number of hydrogen-bond acceptors (Lipinski definition) is 6. The summed E-state index contributed by atoms with van der Waals surface area (Å²) in [5, 5.41) is 2.39. The van der Waals surface area contributed by atoms with Crippen LogP contribution in [0.2, 0.25) is 5.02 Å². The number of sulfone groups is 1. The number of urea groups is 1. The lowest BCUT2D eigenvalue weighted by atomic mass is 10.1. The SMILES string of the molecule is CC(C)N1C(=O)NC[C@@]1(C(=O)N1CCN(c2ncccc2C(F)(F)F)CC1)S(=O)(=O)c1ccccc1Cl. The number of benzene rings is 1. The number of pyridine rings is 1. The summed E-state index contributed by atoms with van der Waals surface area (Å²) in [6, 6.07) is 6.38. The first kappa shape index (κ1) is 27.0. The number of anilines is 1. The number of nitrogens with zero attached hydrogens (tertiary/aromatic N) is 4. The van der Waals surface area contributed by atoms with Crippen LogP contribution in [0.1, 0.15) is 19.4 Å². The molecule has 3 amide bonds. The summed E-state index contributed by atoms with van der Waals surface area (Å²) in [6.45, 7) is 2.49. The number of halogens is 4. The molecule has 1 aromatic carbocycles. The molecule has 1 aromatic heterocycles. The lowest BCUT2D eigenvalue weighted by molar-refractivity contribution is -0.139. The van der Waals surface area contributed by atoms with E-state index in [2.05, 4.69) is 10.3 Å². The molecule has 14 heteroatoms. The Kier molecular flexibility index (Phi) is 7.06. The summed E-state index contributed by atoms with van der Waals surface area (Å²) in [6.07, 6.45) is -3.36. The van der Waals surface area contributed by atoms with Gasteiger partial charge in [-0.2, -0.15) is 13.2 Å². The molecule has 0 aliphatic carbocycles. The molecule has 3 heterocycles. The molecule has 1 N–H and O–H groups in total. The van der Waals surface area contributed by atoms with E-state index in [4.69, 9.17) is 11.6 Å². The lowest BCUT2D eigenvalue weighted by Gasteiger charge is -2.43. The zero-order valence-corrected chi connectivity index (χ0v) is 21.6. The predicted molar refractivity (Wildman–Crippen MR) is 130 cm³/mol. The number of piperazine rings is 1. The first-order valence-corrected chi connectivity index (χ1v) is 13.3. The van der Waals surface area contributed by atoms with E-state index >= 15 is 0 Å². The molecular weight excluding hydrogens is 535 g/mol. The van der Waals surface area contributed by atoms with Crippen molar-refractivity contribution in [2.24, 2.45) is 0 Å². The van der Waals surface area contributed by atoms with Crippen molar-refractivity contribution in [3.8, 4) is 0 Å². The fourth-order valence-corrected chi connectivity index (χ4v) is 7.34. The molecule has 200 valence electrons. The van der Waals surface area contributed by atoms with Crippen LogP contribution in [0.4, 0.5) is 23.8 Å². The van der Waals surface area contributed by atoms with E-state index in [1.54, 1.807) is 19.9 Å². The molecule has 0 spiro atoms. The fourth-order valence-electron chi connectivity index (χ4n) is 4.78. The third kappa shape index (κ3) is 4.48. The van der Waals surface area contributed by atoms with Crippen molar-refractivity contribution in [2.45, 2.75) is 35.8 Å². The van der Waals surface area contributed by atoms with Gasteiger partial charge in [0.2, 0.25) is 14.7 Å². The number of alkyl halides is 3. The Bertz CT molecular complexity index is 1320. The Hall–Kier alpha value is -3.06. The molecule has 0 radical (unpaired) electrons. The largest absolute Gasteiger partial charge is 0.419 e. The molecule has 0 unspecified atom stereocenters. The summed E-state index contributed by atoms with van der Waals surface area (Å²) in [5.41, 5.74) is -0.899. The molecule has 9 nitrogen and oxygen atoms in total. The Morgan fingerprint density at radius 3 is 2.35 bits per heavy atom. The standard InChI is InChI=1S/C23H25ClF3N5O4S/c1-15(2)32-21(34)29-14-22(32,37(35,36)18-8-4-3-7-17(18)24)20(33)31-12-10-30(11-13-31)19-16(23(25,26)27)6-5-9-28-19/h3-9,15H,10-14H2,1-2H3,(H,29,34)/t22-/m0/s1. The van der Waals surface area contributed by atoms with E-state index in [9.17, 15) is 31.2 Å². The van der Waals surface area contributed by atoms with Crippen molar-refractivity contribution < 1.29 is 31.2 Å². The van der Waals surface area contributed by atoms with Gasteiger partial charge in [0, 0.05) is 38.4 Å². The van der Waals surface area contributed by atoms with Crippen LogP contribution in [0, 0.1) is 0 Å². The number of carbonyl (C=O) groups excluding carboxylic acids is 2. The molecule has 2 fully saturated rings. The number of amides is 3. The maximum absolute atomic E-state index is 14.1. The topological polar surface area (TPSA) is 103 Å². The van der Waals surface area contributed by atoms with Gasteiger partial charge in [0.1, 0.15) is 5.82 Å². The number of rotatable bonds is 5. The molecule has 37 heavy (non-hydrogen) atoms. The summed E-state index contributed by atoms with van der Waals surface area (Å²) >= 11 is 6.21. The van der Waals surface area contributed by atoms with Crippen molar-refractivity contribution >= 4 is 39.2 Å². The minimum absolute atomic E-state index is 0.0168. The first-order valence-electron chi connectivity index (χ1n) is 11.4. The van der Waals surface area contributed by atoms with Crippen LogP contribution in [0.25, 0.3) is 0 Å². The third-order valence-corrected chi connectivity index (χ3v) is 9.25. The van der Waals surface area contributed by atoms with Gasteiger partial charge in [0.05, 0.1) is 22.0 Å². The van der Waals surface area contributed by atoms with Crippen LogP contribution in [0.5, 0.6) is 0 Å². The zero-order chi connectivity index (χ0) is 27.2. The average molecular weight is 560 g/mol. The molecule has 4 rings (SSSR count). The minimum atomic E-state index is -4.61. The van der Waals surface area contributed by atoms with E-state index in [0.717, 1.165) is 11.0 Å². The highest BCUT2D eigenvalue weighted by molar-refractivity contribution is 7.93. The van der Waals surface area contributed by atoms with Gasteiger partial charge in [-0.1, -0.05) is 23.7 Å². The molecule has 2 aliphatic heterocycles. The van der Waals surface area contributed by atoms with Gasteiger partial charge in [-0.25, -0.2) is 18.2 Å². The van der Waals surface area contributed by atoms with Gasteiger partial charge < -0.3 is 15.1 Å². The van der Waals surface area contributed by atoms with Crippen molar-refractivity contribution in [1.82, 2.24) is 20.1 Å². The Morgan fingerprint density at radius 2 is 1.76 bits per heavy atom. The monoisotopic (exact) mass is 559 g/mol. The highest BCUT2D eigenvalue weighted by atomic mass is 35.5. The van der Waals surface area contributed by atoms with Gasteiger partial charge in [0.15, 0.2) is 0 Å². The normalized spacial score (nSPS) is 20.9. The van der Waals surface area contributed by atoms with Crippen molar-refractivity contribution in [1.29, 1.82) is 0 Å². The second-order valence-electron chi connectivity index (χ2n) is 8.99. The van der Waals surface area contributed by atoms with Crippen LogP contribution in [0.3, 0.4) is 0 Å². The Labute approximate surface area is 217 Å². The van der Waals surface area contributed by atoms with E-state index < -0.39 is 51.0 Å². The summed E-state index contributed by atoms with van der Waals surface area (Å²) < 4.78 is 68.6. The molecule has 0 saturated carbocycles. The van der Waals surface area contributed by atoms with Gasteiger partial charge in [-0.3, -0.25) is 9.69 Å². The Balaban J connectivity index is 1.70. The molecule has 1 atom stereocenters.